The highest BCUT2D eigenvalue weighted by molar-refractivity contribution is 5.71. The topological polar surface area (TPSA) is 54.2 Å². The molecule has 5 nitrogen and oxygen atoms in total. The number of aromatic nitrogens is 3. The van der Waals surface area contributed by atoms with E-state index in [1.54, 1.807) is 0 Å². The number of pyridine rings is 1. The zero-order valence-corrected chi connectivity index (χ0v) is 12.0. The van der Waals surface area contributed by atoms with Crippen molar-refractivity contribution in [1.82, 2.24) is 19.4 Å². The first kappa shape index (κ1) is 13.5. The van der Waals surface area contributed by atoms with E-state index in [4.69, 9.17) is 10.1 Å². The van der Waals surface area contributed by atoms with Gasteiger partial charge in [0.25, 0.3) is 0 Å². The Kier molecular flexibility index (Phi) is 3.98. The Bertz CT molecular complexity index is 580. The molecule has 0 aromatic carbocycles. The fraction of sp³-hybridized carbons (Fsp3) is 0.600. The molecular weight excluding hydrogens is 252 g/mol. The van der Waals surface area contributed by atoms with Crippen LogP contribution in [0.25, 0.3) is 11.2 Å². The van der Waals surface area contributed by atoms with Crippen LogP contribution < -0.4 is 0 Å². The average molecular weight is 274 g/mol. The summed E-state index contributed by atoms with van der Waals surface area (Å²) in [6.07, 6.45) is 4.95. The van der Waals surface area contributed by atoms with E-state index in [0.29, 0.717) is 6.04 Å². The molecule has 108 valence electrons. The Morgan fingerprint density at radius 1 is 1.45 bits per heavy atom. The van der Waals surface area contributed by atoms with Crippen LogP contribution >= 0.6 is 0 Å². The first-order valence-electron chi connectivity index (χ1n) is 7.51. The highest BCUT2D eigenvalue weighted by Gasteiger charge is 2.29. The van der Waals surface area contributed by atoms with Crippen molar-refractivity contribution in [2.45, 2.75) is 38.8 Å². The van der Waals surface area contributed by atoms with E-state index in [0.717, 1.165) is 49.5 Å². The number of rotatable bonds is 5. The van der Waals surface area contributed by atoms with Gasteiger partial charge in [-0.3, -0.25) is 4.90 Å². The summed E-state index contributed by atoms with van der Waals surface area (Å²) in [5, 5.41) is 9.13. The molecule has 2 aromatic heterocycles. The maximum Gasteiger partial charge on any atom is 0.160 e. The third-order valence-corrected chi connectivity index (χ3v) is 4.14. The molecule has 1 atom stereocenters. The van der Waals surface area contributed by atoms with Gasteiger partial charge in [0.1, 0.15) is 11.3 Å². The molecule has 1 saturated heterocycles. The zero-order valence-electron chi connectivity index (χ0n) is 12.0. The number of hydrogen-bond acceptors (Lipinski definition) is 4. The van der Waals surface area contributed by atoms with Gasteiger partial charge in [-0.2, -0.15) is 0 Å². The lowest BCUT2D eigenvalue weighted by molar-refractivity contribution is 0.250. The molecule has 0 radical (unpaired) electrons. The molecule has 3 rings (SSSR count). The normalized spacial score (nSPS) is 20.0. The first-order chi connectivity index (χ1) is 9.85. The van der Waals surface area contributed by atoms with Crippen molar-refractivity contribution < 1.29 is 5.11 Å². The Labute approximate surface area is 119 Å². The van der Waals surface area contributed by atoms with Gasteiger partial charge < -0.3 is 9.67 Å². The first-order valence-corrected chi connectivity index (χ1v) is 7.51. The Balaban J connectivity index is 2.04. The minimum atomic E-state index is 0.202. The minimum absolute atomic E-state index is 0.202. The Morgan fingerprint density at radius 2 is 2.35 bits per heavy atom. The maximum atomic E-state index is 9.13. The fourth-order valence-electron chi connectivity index (χ4n) is 3.18. The molecule has 20 heavy (non-hydrogen) atoms. The van der Waals surface area contributed by atoms with Crippen LogP contribution in [0.5, 0.6) is 0 Å². The third kappa shape index (κ3) is 2.31. The molecule has 0 amide bonds. The smallest absolute Gasteiger partial charge is 0.160 e. The van der Waals surface area contributed by atoms with Gasteiger partial charge in [0.15, 0.2) is 5.65 Å². The summed E-state index contributed by atoms with van der Waals surface area (Å²) in [6, 6.07) is 4.35. The van der Waals surface area contributed by atoms with Gasteiger partial charge in [-0.1, -0.05) is 6.92 Å². The van der Waals surface area contributed by atoms with Crippen molar-refractivity contribution in [2.75, 3.05) is 19.7 Å². The average Bonchev–Trinajstić information content (AvgIpc) is 3.08. The molecule has 0 saturated carbocycles. The summed E-state index contributed by atoms with van der Waals surface area (Å²) >= 11 is 0. The number of imidazole rings is 1. The molecule has 3 heterocycles. The lowest BCUT2D eigenvalue weighted by Crippen LogP contribution is -2.25. The maximum absolute atomic E-state index is 9.13. The van der Waals surface area contributed by atoms with Crippen LogP contribution in [0.4, 0.5) is 0 Å². The van der Waals surface area contributed by atoms with Crippen LogP contribution in [-0.2, 0) is 6.54 Å². The van der Waals surface area contributed by atoms with E-state index in [9.17, 15) is 0 Å². The van der Waals surface area contributed by atoms with Crippen LogP contribution in [0.3, 0.4) is 0 Å². The van der Waals surface area contributed by atoms with E-state index in [1.165, 1.54) is 6.42 Å². The van der Waals surface area contributed by atoms with E-state index in [2.05, 4.69) is 21.4 Å². The quantitative estimate of drug-likeness (QED) is 0.905. The molecule has 0 bridgehead atoms. The third-order valence-electron chi connectivity index (χ3n) is 4.14. The summed E-state index contributed by atoms with van der Waals surface area (Å²) in [6.45, 7) is 5.40. The zero-order chi connectivity index (χ0) is 13.9. The molecule has 1 N–H and O–H groups in total. The highest BCUT2D eigenvalue weighted by Crippen LogP contribution is 2.32. The number of aliphatic hydroxyl groups excluding tert-OH is 1. The van der Waals surface area contributed by atoms with Gasteiger partial charge in [-0.25, -0.2) is 9.97 Å². The molecule has 1 unspecified atom stereocenters. The van der Waals surface area contributed by atoms with E-state index < -0.39 is 0 Å². The van der Waals surface area contributed by atoms with Gasteiger partial charge in [0, 0.05) is 19.3 Å². The van der Waals surface area contributed by atoms with E-state index in [-0.39, 0.29) is 6.61 Å². The second kappa shape index (κ2) is 5.89. The Morgan fingerprint density at radius 3 is 3.15 bits per heavy atom. The second-order valence-electron chi connectivity index (χ2n) is 5.33. The summed E-state index contributed by atoms with van der Waals surface area (Å²) < 4.78 is 2.20. The minimum Gasteiger partial charge on any atom is -0.396 e. The summed E-state index contributed by atoms with van der Waals surface area (Å²) in [7, 11) is 0. The summed E-state index contributed by atoms with van der Waals surface area (Å²) in [4.78, 5) is 11.8. The molecule has 0 spiro atoms. The number of fused-ring (bicyclic) bond motifs is 1. The predicted molar refractivity (Wildman–Crippen MR) is 78.5 cm³/mol. The Hall–Kier alpha value is -1.46. The van der Waals surface area contributed by atoms with Gasteiger partial charge in [0.2, 0.25) is 0 Å². The number of nitrogens with zero attached hydrogens (tertiary/aromatic N) is 4. The SMILES string of the molecule is CCN1CCCC1c1nc2cccnc2n1CCCO. The van der Waals surface area contributed by atoms with Crippen LogP contribution in [0, 0.1) is 0 Å². The van der Waals surface area contributed by atoms with Crippen LogP contribution in [-0.4, -0.2) is 44.2 Å². The number of likely N-dealkylation sites (tertiary alicyclic amines) is 1. The molecule has 2 aromatic rings. The van der Waals surface area contributed by atoms with Crippen molar-refractivity contribution >= 4 is 11.2 Å². The molecule has 1 fully saturated rings. The number of hydrogen-bond donors (Lipinski definition) is 1. The standard InChI is InChI=1S/C15H22N4O/c1-2-18-9-4-7-13(18)15-17-12-6-3-8-16-14(12)19(15)10-5-11-20/h3,6,8,13,20H,2,4-5,7,9-11H2,1H3. The molecule has 1 aliphatic heterocycles. The van der Waals surface area contributed by atoms with Gasteiger partial charge in [0.05, 0.1) is 6.04 Å². The van der Waals surface area contributed by atoms with Gasteiger partial charge in [-0.05, 0) is 44.5 Å². The number of aliphatic hydroxyl groups is 1. The lowest BCUT2D eigenvalue weighted by Gasteiger charge is -2.23. The van der Waals surface area contributed by atoms with Crippen molar-refractivity contribution in [3.8, 4) is 0 Å². The van der Waals surface area contributed by atoms with Crippen molar-refractivity contribution in [1.29, 1.82) is 0 Å². The van der Waals surface area contributed by atoms with Crippen LogP contribution in [0.2, 0.25) is 0 Å². The largest absolute Gasteiger partial charge is 0.396 e. The molecule has 0 aliphatic carbocycles. The summed E-state index contributed by atoms with van der Waals surface area (Å²) in [5.74, 6) is 1.12. The predicted octanol–water partition coefficient (Wildman–Crippen LogP) is 1.97. The van der Waals surface area contributed by atoms with Gasteiger partial charge >= 0.3 is 0 Å². The van der Waals surface area contributed by atoms with Crippen molar-refractivity contribution in [2.24, 2.45) is 0 Å². The molecular formula is C15H22N4O. The van der Waals surface area contributed by atoms with Crippen molar-refractivity contribution in [3.05, 3.63) is 24.2 Å². The van der Waals surface area contributed by atoms with Gasteiger partial charge in [-0.15, -0.1) is 0 Å². The van der Waals surface area contributed by atoms with E-state index >= 15 is 0 Å². The molecule has 1 aliphatic rings. The monoisotopic (exact) mass is 274 g/mol. The van der Waals surface area contributed by atoms with Crippen LogP contribution in [0.15, 0.2) is 18.3 Å². The van der Waals surface area contributed by atoms with Crippen LogP contribution in [0.1, 0.15) is 38.1 Å². The lowest BCUT2D eigenvalue weighted by atomic mass is 10.2. The molecule has 5 heteroatoms. The summed E-state index contributed by atoms with van der Waals surface area (Å²) in [5.41, 5.74) is 1.90. The van der Waals surface area contributed by atoms with Crippen molar-refractivity contribution in [3.63, 3.8) is 0 Å². The van der Waals surface area contributed by atoms with E-state index in [1.807, 2.05) is 18.3 Å². The fourth-order valence-corrected chi connectivity index (χ4v) is 3.18. The highest BCUT2D eigenvalue weighted by atomic mass is 16.3. The number of aryl methyl sites for hydroxylation is 1. The second-order valence-corrected chi connectivity index (χ2v) is 5.33.